The van der Waals surface area contributed by atoms with E-state index < -0.39 is 0 Å². The third-order valence-electron chi connectivity index (χ3n) is 3.41. The lowest BCUT2D eigenvalue weighted by atomic mass is 10.1. The lowest BCUT2D eigenvalue weighted by Crippen LogP contribution is -2.25. The Morgan fingerprint density at radius 1 is 1.29 bits per heavy atom. The Kier molecular flexibility index (Phi) is 5.96. The van der Waals surface area contributed by atoms with Gasteiger partial charge < -0.3 is 5.32 Å². The molecule has 0 aliphatic carbocycles. The molecule has 1 atom stereocenters. The van der Waals surface area contributed by atoms with Crippen molar-refractivity contribution in [2.45, 2.75) is 39.8 Å². The summed E-state index contributed by atoms with van der Waals surface area (Å²) >= 11 is 7.10. The fourth-order valence-electron chi connectivity index (χ4n) is 2.38. The highest BCUT2D eigenvalue weighted by Crippen LogP contribution is 2.26. The first-order chi connectivity index (χ1) is 10.1. The fraction of sp³-hybridized carbons (Fsp3) is 0.467. The maximum atomic E-state index is 4.56. The SMILES string of the molecule is CCNC(Cc1c(Br)c(C)nn1CC)c1ccc(Br)cn1. The number of aryl methyl sites for hydroxylation is 2. The molecule has 1 N–H and O–H groups in total. The van der Waals surface area contributed by atoms with Gasteiger partial charge in [-0.15, -0.1) is 0 Å². The van der Waals surface area contributed by atoms with E-state index in [9.17, 15) is 0 Å². The Morgan fingerprint density at radius 3 is 2.62 bits per heavy atom. The van der Waals surface area contributed by atoms with Crippen molar-refractivity contribution in [3.63, 3.8) is 0 Å². The van der Waals surface area contributed by atoms with Gasteiger partial charge >= 0.3 is 0 Å². The maximum Gasteiger partial charge on any atom is 0.0738 e. The van der Waals surface area contributed by atoms with Gasteiger partial charge in [-0.2, -0.15) is 5.10 Å². The van der Waals surface area contributed by atoms with Gasteiger partial charge in [0.25, 0.3) is 0 Å². The van der Waals surface area contributed by atoms with Gasteiger partial charge in [0.2, 0.25) is 0 Å². The lowest BCUT2D eigenvalue weighted by molar-refractivity contribution is 0.505. The molecule has 0 saturated heterocycles. The van der Waals surface area contributed by atoms with Crippen molar-refractivity contribution < 1.29 is 0 Å². The zero-order valence-electron chi connectivity index (χ0n) is 12.5. The molecule has 0 saturated carbocycles. The molecule has 0 aliphatic heterocycles. The molecule has 0 amide bonds. The predicted molar refractivity (Wildman–Crippen MR) is 92.4 cm³/mol. The molecule has 2 aromatic rings. The third kappa shape index (κ3) is 3.93. The summed E-state index contributed by atoms with van der Waals surface area (Å²) in [6, 6.07) is 4.27. The minimum Gasteiger partial charge on any atom is -0.309 e. The first-order valence-electron chi connectivity index (χ1n) is 7.13. The third-order valence-corrected chi connectivity index (χ3v) is 4.91. The van der Waals surface area contributed by atoms with Crippen LogP contribution in [0.15, 0.2) is 27.3 Å². The van der Waals surface area contributed by atoms with Gasteiger partial charge in [-0.3, -0.25) is 9.67 Å². The first kappa shape index (κ1) is 16.6. The summed E-state index contributed by atoms with van der Waals surface area (Å²) in [5.41, 5.74) is 3.30. The second kappa shape index (κ2) is 7.51. The zero-order chi connectivity index (χ0) is 15.4. The van der Waals surface area contributed by atoms with Gasteiger partial charge in [0.1, 0.15) is 0 Å². The Balaban J connectivity index is 2.30. The number of rotatable bonds is 6. The molecule has 2 heterocycles. The van der Waals surface area contributed by atoms with Crippen molar-refractivity contribution in [1.29, 1.82) is 0 Å². The van der Waals surface area contributed by atoms with Gasteiger partial charge in [0, 0.05) is 23.6 Å². The fourth-order valence-corrected chi connectivity index (χ4v) is 3.06. The number of likely N-dealkylation sites (N-methyl/N-ethyl adjacent to an activating group) is 1. The van der Waals surface area contributed by atoms with Crippen LogP contribution in [0.1, 0.15) is 37.0 Å². The average molecular weight is 416 g/mol. The normalized spacial score (nSPS) is 12.6. The summed E-state index contributed by atoms with van der Waals surface area (Å²) < 4.78 is 4.16. The molecule has 6 heteroatoms. The molecule has 2 aromatic heterocycles. The smallest absolute Gasteiger partial charge is 0.0738 e. The molecule has 1 unspecified atom stereocenters. The van der Waals surface area contributed by atoms with Crippen LogP contribution in [0.5, 0.6) is 0 Å². The molecular weight excluding hydrogens is 396 g/mol. The number of pyridine rings is 1. The Hall–Kier alpha value is -0.720. The Labute approximate surface area is 142 Å². The number of hydrogen-bond donors (Lipinski definition) is 1. The topological polar surface area (TPSA) is 42.7 Å². The van der Waals surface area contributed by atoms with E-state index in [0.717, 1.165) is 39.8 Å². The molecule has 0 spiro atoms. The molecule has 0 aliphatic rings. The highest BCUT2D eigenvalue weighted by Gasteiger charge is 2.19. The summed E-state index contributed by atoms with van der Waals surface area (Å²) in [7, 11) is 0. The molecule has 0 aromatic carbocycles. The average Bonchev–Trinajstić information content (AvgIpc) is 2.75. The number of hydrogen-bond acceptors (Lipinski definition) is 3. The first-order valence-corrected chi connectivity index (χ1v) is 8.72. The van der Waals surface area contributed by atoms with Crippen LogP contribution in [-0.2, 0) is 13.0 Å². The summed E-state index contributed by atoms with van der Waals surface area (Å²) in [5, 5.41) is 8.08. The maximum absolute atomic E-state index is 4.56. The minimum atomic E-state index is 0.181. The van der Waals surface area contributed by atoms with E-state index >= 15 is 0 Å². The number of halogens is 2. The second-order valence-electron chi connectivity index (χ2n) is 4.88. The van der Waals surface area contributed by atoms with Crippen LogP contribution in [0.25, 0.3) is 0 Å². The van der Waals surface area contributed by atoms with E-state index in [4.69, 9.17) is 0 Å². The lowest BCUT2D eigenvalue weighted by Gasteiger charge is -2.18. The van der Waals surface area contributed by atoms with Crippen LogP contribution in [0.3, 0.4) is 0 Å². The molecule has 21 heavy (non-hydrogen) atoms. The molecule has 0 radical (unpaired) electrons. The standard InChI is InChI=1S/C15H20Br2N4/c1-4-18-13(12-7-6-11(16)9-19-12)8-14-15(17)10(3)20-21(14)5-2/h6-7,9,13,18H,4-5,8H2,1-3H3. The van der Waals surface area contributed by atoms with Gasteiger partial charge in [-0.25, -0.2) is 0 Å². The molecule has 0 bridgehead atoms. The van der Waals surface area contributed by atoms with E-state index in [1.807, 2.05) is 19.2 Å². The summed E-state index contributed by atoms with van der Waals surface area (Å²) in [6.07, 6.45) is 2.70. The van der Waals surface area contributed by atoms with Crippen molar-refractivity contribution in [2.24, 2.45) is 0 Å². The molecule has 4 nitrogen and oxygen atoms in total. The van der Waals surface area contributed by atoms with Crippen LogP contribution < -0.4 is 5.32 Å². The van der Waals surface area contributed by atoms with Crippen molar-refractivity contribution in [1.82, 2.24) is 20.1 Å². The largest absolute Gasteiger partial charge is 0.309 e. The summed E-state index contributed by atoms with van der Waals surface area (Å²) in [4.78, 5) is 4.53. The van der Waals surface area contributed by atoms with Crippen molar-refractivity contribution in [3.05, 3.63) is 44.4 Å². The van der Waals surface area contributed by atoms with E-state index in [1.54, 1.807) is 0 Å². The van der Waals surface area contributed by atoms with E-state index in [1.165, 1.54) is 5.69 Å². The number of aromatic nitrogens is 3. The summed E-state index contributed by atoms with van der Waals surface area (Å²) in [6.45, 7) is 8.03. The van der Waals surface area contributed by atoms with E-state index in [0.29, 0.717) is 0 Å². The van der Waals surface area contributed by atoms with Gasteiger partial charge in [-0.1, -0.05) is 6.92 Å². The van der Waals surface area contributed by atoms with Crippen LogP contribution >= 0.6 is 31.9 Å². The number of nitrogens with one attached hydrogen (secondary N) is 1. The van der Waals surface area contributed by atoms with Crippen molar-refractivity contribution in [3.8, 4) is 0 Å². The van der Waals surface area contributed by atoms with E-state index in [-0.39, 0.29) is 6.04 Å². The second-order valence-corrected chi connectivity index (χ2v) is 6.59. The monoisotopic (exact) mass is 414 g/mol. The van der Waals surface area contributed by atoms with Crippen LogP contribution in [-0.4, -0.2) is 21.3 Å². The highest BCUT2D eigenvalue weighted by atomic mass is 79.9. The zero-order valence-corrected chi connectivity index (χ0v) is 15.7. The quantitative estimate of drug-likeness (QED) is 0.774. The van der Waals surface area contributed by atoms with Crippen LogP contribution in [0.4, 0.5) is 0 Å². The molecular formula is C15H20Br2N4. The predicted octanol–water partition coefficient (Wildman–Crippen LogP) is 4.02. The van der Waals surface area contributed by atoms with Crippen LogP contribution in [0, 0.1) is 6.92 Å². The highest BCUT2D eigenvalue weighted by molar-refractivity contribution is 9.10. The van der Waals surface area contributed by atoms with Crippen molar-refractivity contribution in [2.75, 3.05) is 6.54 Å². The van der Waals surface area contributed by atoms with E-state index in [2.05, 4.69) is 71.9 Å². The molecule has 0 fully saturated rings. The summed E-state index contributed by atoms with van der Waals surface area (Å²) in [5.74, 6) is 0. The number of nitrogens with zero attached hydrogens (tertiary/aromatic N) is 3. The molecule has 114 valence electrons. The van der Waals surface area contributed by atoms with Gasteiger partial charge in [-0.05, 0) is 64.4 Å². The van der Waals surface area contributed by atoms with Crippen molar-refractivity contribution >= 4 is 31.9 Å². The minimum absolute atomic E-state index is 0.181. The van der Waals surface area contributed by atoms with Crippen LogP contribution in [0.2, 0.25) is 0 Å². The van der Waals surface area contributed by atoms with Gasteiger partial charge in [0.05, 0.1) is 27.6 Å². The molecule has 2 rings (SSSR count). The Morgan fingerprint density at radius 2 is 2.05 bits per heavy atom. The van der Waals surface area contributed by atoms with Gasteiger partial charge in [0.15, 0.2) is 0 Å². The Bertz CT molecular complexity index is 592.